The minimum atomic E-state index is 0.120. The van der Waals surface area contributed by atoms with Gasteiger partial charge in [0.15, 0.2) is 24.5 Å². The van der Waals surface area contributed by atoms with Gasteiger partial charge >= 0.3 is 0 Å². The summed E-state index contributed by atoms with van der Waals surface area (Å²) in [5.74, 6) is 1.48. The van der Waals surface area contributed by atoms with E-state index in [4.69, 9.17) is 0 Å². The maximum Gasteiger partial charge on any atom is 0.182 e. The molecule has 0 bridgehead atoms. The lowest BCUT2D eigenvalue weighted by Crippen LogP contribution is -2.31. The van der Waals surface area contributed by atoms with Crippen LogP contribution in [0.1, 0.15) is 68.9 Å². The van der Waals surface area contributed by atoms with Crippen molar-refractivity contribution in [2.45, 2.75) is 69.9 Å². The van der Waals surface area contributed by atoms with Crippen molar-refractivity contribution >= 4 is 12.4 Å². The Labute approximate surface area is 186 Å². The van der Waals surface area contributed by atoms with Gasteiger partial charge in [-0.3, -0.25) is 0 Å². The number of hydrogen-bond donors (Lipinski definition) is 0. The number of hydrogen-bond acceptors (Lipinski definition) is 2. The molecule has 2 fully saturated rings. The summed E-state index contributed by atoms with van der Waals surface area (Å²) in [6.07, 6.45) is 13.3. The third-order valence-corrected chi connectivity index (χ3v) is 7.17. The van der Waals surface area contributed by atoms with Gasteiger partial charge in [-0.25, -0.2) is 9.48 Å². The molecule has 0 aromatic heterocycles. The molecule has 2 aromatic carbocycles. The van der Waals surface area contributed by atoms with Crippen molar-refractivity contribution < 1.29 is 9.48 Å². The fourth-order valence-corrected chi connectivity index (χ4v) is 5.32. The molecule has 0 unspecified atom stereocenters. The topological polar surface area (TPSA) is 52.1 Å². The maximum absolute atomic E-state index is 12.5. The lowest BCUT2D eigenvalue weighted by molar-refractivity contribution is -0.502. The molecule has 0 aliphatic heterocycles. The minimum Gasteiger partial charge on any atom is -0.624 e. The summed E-state index contributed by atoms with van der Waals surface area (Å²) in [5, 5.41) is 25.0. The van der Waals surface area contributed by atoms with Crippen LogP contribution in [0.3, 0.4) is 0 Å². The first-order valence-corrected chi connectivity index (χ1v) is 11.9. The molecular weight excluding hydrogens is 384 g/mol. The number of nitrogens with zero attached hydrogens (tertiary/aromatic N) is 2. The Morgan fingerprint density at radius 1 is 0.581 bits per heavy atom. The summed E-state index contributed by atoms with van der Waals surface area (Å²) in [6, 6.07) is 20.0. The molecule has 4 heteroatoms. The van der Waals surface area contributed by atoms with Crippen LogP contribution in [-0.2, 0) is 0 Å². The SMILES string of the molecule is [O-]/[N+](=C\c1ccccc1)C1CCC(CC2CCC(/[N+]([O-])=C/c3ccccc3)CC2)CC1. The minimum absolute atomic E-state index is 0.120. The van der Waals surface area contributed by atoms with Gasteiger partial charge < -0.3 is 10.4 Å². The molecule has 2 aromatic rings. The van der Waals surface area contributed by atoms with Gasteiger partial charge in [0.1, 0.15) is 0 Å². The molecule has 4 nitrogen and oxygen atoms in total. The van der Waals surface area contributed by atoms with Crippen molar-refractivity contribution in [2.75, 3.05) is 0 Å². The molecule has 2 saturated carbocycles. The first kappa shape index (κ1) is 21.6. The van der Waals surface area contributed by atoms with E-state index in [0.717, 1.165) is 74.3 Å². The van der Waals surface area contributed by atoms with E-state index in [1.165, 1.54) is 15.9 Å². The van der Waals surface area contributed by atoms with Gasteiger partial charge in [0.05, 0.1) is 0 Å². The standard InChI is InChI=1S/C27H34N2O2/c30-28(20-24-7-3-1-4-8-24)26-15-11-22(12-16-26)19-23-13-17-27(18-14-23)29(31)21-25-9-5-2-6-10-25/h1-10,20-23,26-27H,11-19H2/b28-20-,29-21-. The van der Waals surface area contributed by atoms with Crippen LogP contribution in [0.5, 0.6) is 0 Å². The zero-order chi connectivity index (χ0) is 21.5. The highest BCUT2D eigenvalue weighted by atomic mass is 16.5. The van der Waals surface area contributed by atoms with Gasteiger partial charge in [0, 0.05) is 36.8 Å². The average molecular weight is 419 g/mol. The molecule has 0 heterocycles. The normalized spacial score (nSPS) is 27.7. The van der Waals surface area contributed by atoms with Gasteiger partial charge in [-0.1, -0.05) is 36.4 Å². The van der Waals surface area contributed by atoms with E-state index >= 15 is 0 Å². The fraction of sp³-hybridized carbons (Fsp3) is 0.481. The summed E-state index contributed by atoms with van der Waals surface area (Å²) >= 11 is 0. The van der Waals surface area contributed by atoms with Crippen LogP contribution in [0.4, 0.5) is 0 Å². The maximum atomic E-state index is 12.5. The summed E-state index contributed by atoms with van der Waals surface area (Å²) < 4.78 is 2.37. The Hall–Kier alpha value is -2.62. The second kappa shape index (κ2) is 10.6. The molecule has 0 atom stereocenters. The number of rotatable bonds is 6. The molecule has 0 spiro atoms. The van der Waals surface area contributed by atoms with Crippen molar-refractivity contribution in [3.8, 4) is 0 Å². The van der Waals surface area contributed by atoms with Crippen LogP contribution in [0.2, 0.25) is 0 Å². The zero-order valence-electron chi connectivity index (χ0n) is 18.3. The lowest BCUT2D eigenvalue weighted by atomic mass is 9.76. The quantitative estimate of drug-likeness (QED) is 0.259. The first-order chi connectivity index (χ1) is 15.2. The van der Waals surface area contributed by atoms with Gasteiger partial charge in [0.2, 0.25) is 0 Å². The Morgan fingerprint density at radius 2 is 0.935 bits per heavy atom. The molecule has 31 heavy (non-hydrogen) atoms. The van der Waals surface area contributed by atoms with Crippen molar-refractivity contribution in [3.05, 3.63) is 82.2 Å². The molecule has 0 radical (unpaired) electrons. The van der Waals surface area contributed by atoms with Crippen LogP contribution in [0, 0.1) is 22.3 Å². The Kier molecular flexibility index (Phi) is 7.39. The smallest absolute Gasteiger partial charge is 0.182 e. The van der Waals surface area contributed by atoms with Crippen molar-refractivity contribution in [1.82, 2.24) is 0 Å². The molecule has 164 valence electrons. The highest BCUT2D eigenvalue weighted by Crippen LogP contribution is 2.36. The zero-order valence-corrected chi connectivity index (χ0v) is 18.3. The summed E-state index contributed by atoms with van der Waals surface area (Å²) in [4.78, 5) is 0. The van der Waals surface area contributed by atoms with E-state index in [-0.39, 0.29) is 12.1 Å². The molecule has 4 rings (SSSR count). The van der Waals surface area contributed by atoms with Crippen LogP contribution in [-0.4, -0.2) is 34.0 Å². The molecule has 0 N–H and O–H groups in total. The Morgan fingerprint density at radius 3 is 1.29 bits per heavy atom. The molecule has 0 amide bonds. The molecule has 0 saturated heterocycles. The number of hydroxylamine groups is 2. The van der Waals surface area contributed by atoms with E-state index < -0.39 is 0 Å². The third kappa shape index (κ3) is 6.19. The van der Waals surface area contributed by atoms with Crippen LogP contribution < -0.4 is 0 Å². The third-order valence-electron chi connectivity index (χ3n) is 7.17. The second-order valence-electron chi connectivity index (χ2n) is 9.38. The van der Waals surface area contributed by atoms with E-state index in [1.54, 1.807) is 12.4 Å². The van der Waals surface area contributed by atoms with E-state index in [9.17, 15) is 10.4 Å². The fourth-order valence-electron chi connectivity index (χ4n) is 5.32. The van der Waals surface area contributed by atoms with Crippen LogP contribution in [0.15, 0.2) is 60.7 Å². The predicted octanol–water partition coefficient (Wildman–Crippen LogP) is 5.75. The summed E-state index contributed by atoms with van der Waals surface area (Å²) in [6.45, 7) is 0. The second-order valence-corrected chi connectivity index (χ2v) is 9.38. The van der Waals surface area contributed by atoms with Gasteiger partial charge in [-0.2, -0.15) is 0 Å². The molecule has 2 aliphatic carbocycles. The molecule has 2 aliphatic rings. The monoisotopic (exact) mass is 418 g/mol. The van der Waals surface area contributed by atoms with Gasteiger partial charge in [-0.15, -0.1) is 0 Å². The van der Waals surface area contributed by atoms with Crippen molar-refractivity contribution in [1.29, 1.82) is 0 Å². The van der Waals surface area contributed by atoms with Crippen molar-refractivity contribution in [3.63, 3.8) is 0 Å². The lowest BCUT2D eigenvalue weighted by Gasteiger charge is -2.32. The van der Waals surface area contributed by atoms with Gasteiger partial charge in [-0.05, 0) is 68.2 Å². The largest absolute Gasteiger partial charge is 0.624 e. The summed E-state index contributed by atoms with van der Waals surface area (Å²) in [5.41, 5.74) is 1.96. The summed E-state index contributed by atoms with van der Waals surface area (Å²) in [7, 11) is 0. The Balaban J connectivity index is 1.21. The first-order valence-electron chi connectivity index (χ1n) is 11.9. The van der Waals surface area contributed by atoms with Crippen LogP contribution in [0.25, 0.3) is 0 Å². The van der Waals surface area contributed by atoms with Gasteiger partial charge in [0.25, 0.3) is 0 Å². The van der Waals surface area contributed by atoms with E-state index in [2.05, 4.69) is 0 Å². The number of benzene rings is 2. The highest BCUT2D eigenvalue weighted by molar-refractivity contribution is 5.75. The van der Waals surface area contributed by atoms with E-state index in [0.29, 0.717) is 0 Å². The van der Waals surface area contributed by atoms with Crippen molar-refractivity contribution in [2.24, 2.45) is 11.8 Å². The average Bonchev–Trinajstić information content (AvgIpc) is 2.81. The Bertz CT molecular complexity index is 789. The molecular formula is C27H34N2O2. The predicted molar refractivity (Wildman–Crippen MR) is 127 cm³/mol. The highest BCUT2D eigenvalue weighted by Gasteiger charge is 2.31. The van der Waals surface area contributed by atoms with E-state index in [1.807, 2.05) is 60.7 Å². The van der Waals surface area contributed by atoms with Crippen LogP contribution >= 0.6 is 0 Å².